The van der Waals surface area contributed by atoms with Crippen molar-refractivity contribution in [2.45, 2.75) is 386 Å². The van der Waals surface area contributed by atoms with Gasteiger partial charge in [-0.2, -0.15) is 0 Å². The molecule has 0 radical (unpaired) electrons. The van der Waals surface area contributed by atoms with Crippen LogP contribution in [0.5, 0.6) is 0 Å². The quantitative estimate of drug-likeness (QED) is 0.0261. The van der Waals surface area contributed by atoms with Crippen LogP contribution in [-0.4, -0.2) is 37.2 Å². The van der Waals surface area contributed by atoms with E-state index in [0.29, 0.717) is 19.3 Å². The monoisotopic (exact) mass is 1110 g/mol. The van der Waals surface area contributed by atoms with Gasteiger partial charge in [0.25, 0.3) is 0 Å². The van der Waals surface area contributed by atoms with E-state index >= 15 is 0 Å². The average molecular weight is 1110 g/mol. The van der Waals surface area contributed by atoms with Crippen LogP contribution >= 0.6 is 0 Å². The Morgan fingerprint density at radius 3 is 0.797 bits per heavy atom. The first-order valence-electron chi connectivity index (χ1n) is 35.1. The van der Waals surface area contributed by atoms with E-state index in [-0.39, 0.29) is 31.1 Å². The molecule has 0 aliphatic rings. The summed E-state index contributed by atoms with van der Waals surface area (Å²) in [5.74, 6) is -0.882. The van der Waals surface area contributed by atoms with Gasteiger partial charge in [0.1, 0.15) is 13.2 Å². The predicted molar refractivity (Wildman–Crippen MR) is 344 cm³/mol. The molecule has 0 aliphatic heterocycles. The molecule has 0 spiro atoms. The summed E-state index contributed by atoms with van der Waals surface area (Å²) in [4.78, 5) is 38.3. The van der Waals surface area contributed by atoms with Crippen molar-refractivity contribution in [3.05, 3.63) is 48.6 Å². The average Bonchev–Trinajstić information content (AvgIpc) is 3.45. The summed E-state index contributed by atoms with van der Waals surface area (Å²) in [6, 6.07) is 0. The molecule has 0 amide bonds. The summed E-state index contributed by atoms with van der Waals surface area (Å²) in [5.41, 5.74) is 0. The highest BCUT2D eigenvalue weighted by atomic mass is 16.6. The molecule has 6 heteroatoms. The zero-order valence-corrected chi connectivity index (χ0v) is 53.2. The second-order valence-electron chi connectivity index (χ2n) is 23.8. The molecule has 0 saturated carbocycles. The summed E-state index contributed by atoms with van der Waals surface area (Å²) < 4.78 is 16.9. The van der Waals surface area contributed by atoms with Crippen molar-refractivity contribution in [2.75, 3.05) is 13.2 Å². The van der Waals surface area contributed by atoms with Crippen molar-refractivity contribution >= 4 is 17.9 Å². The van der Waals surface area contributed by atoms with E-state index in [1.54, 1.807) is 0 Å². The summed E-state index contributed by atoms with van der Waals surface area (Å²) in [6.45, 7) is 6.59. The second-order valence-corrected chi connectivity index (χ2v) is 23.8. The normalized spacial score (nSPS) is 12.3. The summed E-state index contributed by atoms with van der Waals surface area (Å²) in [6.07, 6.45) is 86.0. The molecule has 0 aromatic rings. The first-order valence-corrected chi connectivity index (χ1v) is 35.1. The molecule has 0 bridgehead atoms. The Labute approximate surface area is 492 Å². The highest BCUT2D eigenvalue weighted by Crippen LogP contribution is 2.19. The molecule has 0 rings (SSSR count). The first-order chi connectivity index (χ1) is 39.0. The van der Waals surface area contributed by atoms with E-state index in [9.17, 15) is 14.4 Å². The van der Waals surface area contributed by atoms with Crippen LogP contribution in [0.1, 0.15) is 380 Å². The molecule has 0 heterocycles. The Hall–Kier alpha value is -2.63. The Bertz CT molecular complexity index is 1360. The Morgan fingerprint density at radius 1 is 0.253 bits per heavy atom. The van der Waals surface area contributed by atoms with Crippen molar-refractivity contribution in [3.63, 3.8) is 0 Å². The molecule has 79 heavy (non-hydrogen) atoms. The van der Waals surface area contributed by atoms with Crippen molar-refractivity contribution in [1.82, 2.24) is 0 Å². The minimum absolute atomic E-state index is 0.0779. The van der Waals surface area contributed by atoms with Gasteiger partial charge in [0.2, 0.25) is 0 Å². The number of hydrogen-bond acceptors (Lipinski definition) is 6. The third kappa shape index (κ3) is 66.1. The molecular weight excluding hydrogens is 973 g/mol. The van der Waals surface area contributed by atoms with Crippen molar-refractivity contribution in [1.29, 1.82) is 0 Å². The lowest BCUT2D eigenvalue weighted by Crippen LogP contribution is -2.30. The van der Waals surface area contributed by atoms with Gasteiger partial charge in [-0.25, -0.2) is 0 Å². The van der Waals surface area contributed by atoms with Crippen LogP contribution in [0.15, 0.2) is 48.6 Å². The fourth-order valence-corrected chi connectivity index (χ4v) is 10.5. The molecule has 0 N–H and O–H groups in total. The third-order valence-corrected chi connectivity index (χ3v) is 15.8. The van der Waals surface area contributed by atoms with Gasteiger partial charge in [-0.3, -0.25) is 14.4 Å². The molecule has 0 aromatic heterocycles. The molecule has 0 saturated heterocycles. The first kappa shape index (κ1) is 76.4. The maximum atomic E-state index is 12.9. The van der Waals surface area contributed by atoms with Gasteiger partial charge in [-0.05, 0) is 77.0 Å². The topological polar surface area (TPSA) is 78.9 Å². The SMILES string of the molecule is CCC/C=C\CCCCCCCC(=O)OCC(COC(=O)CCCCCCCCCCCCCCCCCCCCCCCCCCCCCCCCCC)OC(=O)CCCCCCCC/C=C\C/C=C\C/C=C\CCCCC. The van der Waals surface area contributed by atoms with Gasteiger partial charge in [-0.15, -0.1) is 0 Å². The lowest BCUT2D eigenvalue weighted by Gasteiger charge is -2.18. The van der Waals surface area contributed by atoms with E-state index in [4.69, 9.17) is 14.2 Å². The standard InChI is InChI=1S/C73H134O6/c1-4-7-10-13-16-19-22-24-26-28-30-31-32-33-34-35-36-37-38-39-40-41-42-44-45-47-49-51-54-57-60-63-66-72(75)78-69-70(68-77-71(74)65-62-59-56-53-21-18-15-12-9-6-3)79-73(76)67-64-61-58-55-52-50-48-46-43-29-27-25-23-20-17-14-11-8-5-2/h12,15,17,20,25,27,43,46,70H,4-11,13-14,16,18-19,21-24,26,28-42,44-45,47-69H2,1-3H3/b15-12-,20-17-,27-25-,46-43-. The number of allylic oxidation sites excluding steroid dienone is 8. The van der Waals surface area contributed by atoms with Crippen molar-refractivity contribution in [3.8, 4) is 0 Å². The number of carbonyl (C=O) groups is 3. The molecule has 1 unspecified atom stereocenters. The second kappa shape index (κ2) is 67.9. The van der Waals surface area contributed by atoms with Gasteiger partial charge in [0.15, 0.2) is 6.10 Å². The highest BCUT2D eigenvalue weighted by Gasteiger charge is 2.19. The minimum Gasteiger partial charge on any atom is -0.462 e. The van der Waals surface area contributed by atoms with Crippen LogP contribution in [0, 0.1) is 0 Å². The zero-order chi connectivity index (χ0) is 57.1. The summed E-state index contributed by atoms with van der Waals surface area (Å²) >= 11 is 0. The summed E-state index contributed by atoms with van der Waals surface area (Å²) in [5, 5.41) is 0. The molecule has 0 fully saturated rings. The zero-order valence-electron chi connectivity index (χ0n) is 53.2. The van der Waals surface area contributed by atoms with E-state index in [1.165, 1.54) is 244 Å². The number of hydrogen-bond donors (Lipinski definition) is 0. The number of esters is 3. The lowest BCUT2D eigenvalue weighted by atomic mass is 10.0. The molecular formula is C73H134O6. The molecule has 6 nitrogen and oxygen atoms in total. The van der Waals surface area contributed by atoms with E-state index < -0.39 is 6.10 Å². The molecule has 0 aromatic carbocycles. The van der Waals surface area contributed by atoms with Crippen LogP contribution < -0.4 is 0 Å². The lowest BCUT2D eigenvalue weighted by molar-refractivity contribution is -0.167. The van der Waals surface area contributed by atoms with Crippen LogP contribution in [-0.2, 0) is 28.6 Å². The fourth-order valence-electron chi connectivity index (χ4n) is 10.5. The van der Waals surface area contributed by atoms with E-state index in [1.807, 2.05) is 0 Å². The number of rotatable bonds is 65. The maximum Gasteiger partial charge on any atom is 0.306 e. The smallest absolute Gasteiger partial charge is 0.306 e. The minimum atomic E-state index is -0.782. The van der Waals surface area contributed by atoms with Gasteiger partial charge in [0.05, 0.1) is 0 Å². The Balaban J connectivity index is 4.08. The number of ether oxygens (including phenoxy) is 3. The van der Waals surface area contributed by atoms with E-state index in [2.05, 4.69) is 69.4 Å². The van der Waals surface area contributed by atoms with Gasteiger partial charge < -0.3 is 14.2 Å². The van der Waals surface area contributed by atoms with Crippen LogP contribution in [0.3, 0.4) is 0 Å². The van der Waals surface area contributed by atoms with Gasteiger partial charge in [-0.1, -0.05) is 333 Å². The van der Waals surface area contributed by atoms with Crippen LogP contribution in [0.25, 0.3) is 0 Å². The third-order valence-electron chi connectivity index (χ3n) is 15.8. The Morgan fingerprint density at radius 2 is 0.481 bits per heavy atom. The van der Waals surface area contributed by atoms with Crippen LogP contribution in [0.2, 0.25) is 0 Å². The molecule has 462 valence electrons. The van der Waals surface area contributed by atoms with Crippen LogP contribution in [0.4, 0.5) is 0 Å². The molecule has 0 aliphatic carbocycles. The fraction of sp³-hybridized carbons (Fsp3) is 0.849. The number of carbonyl (C=O) groups excluding carboxylic acids is 3. The van der Waals surface area contributed by atoms with E-state index in [0.717, 1.165) is 96.3 Å². The highest BCUT2D eigenvalue weighted by molar-refractivity contribution is 5.71. The van der Waals surface area contributed by atoms with Gasteiger partial charge in [0, 0.05) is 19.3 Å². The number of unbranched alkanes of at least 4 members (excludes halogenated alkanes) is 46. The van der Waals surface area contributed by atoms with Crippen molar-refractivity contribution in [2.24, 2.45) is 0 Å². The largest absolute Gasteiger partial charge is 0.462 e. The molecule has 1 atom stereocenters. The van der Waals surface area contributed by atoms with Crippen molar-refractivity contribution < 1.29 is 28.6 Å². The predicted octanol–water partition coefficient (Wildman–Crippen LogP) is 24.1. The maximum absolute atomic E-state index is 12.9. The summed E-state index contributed by atoms with van der Waals surface area (Å²) in [7, 11) is 0. The van der Waals surface area contributed by atoms with Gasteiger partial charge >= 0.3 is 17.9 Å². The Kier molecular flexibility index (Phi) is 65.6.